The van der Waals surface area contributed by atoms with Gasteiger partial charge >= 0.3 is 0 Å². The Balaban J connectivity index is 1.96. The molecule has 0 bridgehead atoms. The molecule has 21 heavy (non-hydrogen) atoms. The molecule has 0 saturated heterocycles. The normalized spacial score (nSPS) is 11.8. The minimum absolute atomic E-state index is 0.339. The lowest BCUT2D eigenvalue weighted by Gasteiger charge is -2.10. The lowest BCUT2D eigenvalue weighted by molar-refractivity contribution is 0.572. The van der Waals surface area contributed by atoms with E-state index in [9.17, 15) is 8.42 Å². The molecular formula is C17H21NO2S. The maximum Gasteiger partial charge on any atom is 0.214 e. The van der Waals surface area contributed by atoms with Crippen LogP contribution in [-0.4, -0.2) is 13.7 Å². The highest BCUT2D eigenvalue weighted by Gasteiger charge is 2.14. The molecule has 0 spiro atoms. The first kappa shape index (κ1) is 15.7. The predicted molar refractivity (Wildman–Crippen MR) is 86.6 cm³/mol. The second-order valence-corrected chi connectivity index (χ2v) is 7.72. The third kappa shape index (κ3) is 4.69. The highest BCUT2D eigenvalue weighted by Crippen LogP contribution is 2.11. The molecule has 0 amide bonds. The summed E-state index contributed by atoms with van der Waals surface area (Å²) in [6.07, 6.45) is 0.888. The summed E-state index contributed by atoms with van der Waals surface area (Å²) in [4.78, 5) is 0. The van der Waals surface area contributed by atoms with Gasteiger partial charge in [-0.15, -0.1) is 0 Å². The van der Waals surface area contributed by atoms with E-state index in [1.165, 1.54) is 11.1 Å². The van der Waals surface area contributed by atoms with E-state index < -0.39 is 15.3 Å². The van der Waals surface area contributed by atoms with E-state index in [1.807, 2.05) is 42.5 Å². The number of nitrogens with one attached hydrogen (secondary N) is 1. The molecule has 0 heterocycles. The van der Waals surface area contributed by atoms with Crippen molar-refractivity contribution < 1.29 is 8.42 Å². The van der Waals surface area contributed by atoms with Crippen molar-refractivity contribution in [2.24, 2.45) is 0 Å². The minimum Gasteiger partial charge on any atom is -0.212 e. The van der Waals surface area contributed by atoms with E-state index in [0.29, 0.717) is 6.54 Å². The summed E-state index contributed by atoms with van der Waals surface area (Å²) in [5.74, 6) is 0. The maximum atomic E-state index is 11.7. The number of hydrogen-bond acceptors (Lipinski definition) is 2. The summed E-state index contributed by atoms with van der Waals surface area (Å²) in [7, 11) is -3.21. The Morgan fingerprint density at radius 3 is 1.95 bits per heavy atom. The summed E-state index contributed by atoms with van der Waals surface area (Å²) in [6, 6.07) is 18.3. The second-order valence-electron chi connectivity index (χ2n) is 5.39. The van der Waals surface area contributed by atoms with Gasteiger partial charge in [0.25, 0.3) is 0 Å². The quantitative estimate of drug-likeness (QED) is 0.891. The average molecular weight is 303 g/mol. The van der Waals surface area contributed by atoms with E-state index in [1.54, 1.807) is 13.8 Å². The van der Waals surface area contributed by atoms with Crippen LogP contribution in [0.2, 0.25) is 0 Å². The van der Waals surface area contributed by atoms with Crippen LogP contribution in [0.3, 0.4) is 0 Å². The molecule has 112 valence electrons. The molecule has 4 heteroatoms. The van der Waals surface area contributed by atoms with Crippen LogP contribution in [-0.2, 0) is 23.0 Å². The van der Waals surface area contributed by atoms with Gasteiger partial charge < -0.3 is 0 Å². The lowest BCUT2D eigenvalue weighted by Crippen LogP contribution is -2.30. The van der Waals surface area contributed by atoms with Gasteiger partial charge in [-0.1, -0.05) is 54.6 Å². The van der Waals surface area contributed by atoms with Crippen molar-refractivity contribution in [3.63, 3.8) is 0 Å². The zero-order valence-corrected chi connectivity index (χ0v) is 13.2. The van der Waals surface area contributed by atoms with Gasteiger partial charge in [-0.05, 0) is 37.0 Å². The largest absolute Gasteiger partial charge is 0.214 e. The standard InChI is InChI=1S/C17H21NO2S/c1-14(2)21(19,20)18-13-17-10-8-16(9-11-17)12-15-6-4-3-5-7-15/h3-11,14,18H,12-13H2,1-2H3. The third-order valence-electron chi connectivity index (χ3n) is 3.37. The first-order chi connectivity index (χ1) is 9.97. The van der Waals surface area contributed by atoms with Gasteiger partial charge in [0.1, 0.15) is 0 Å². The van der Waals surface area contributed by atoms with Crippen LogP contribution in [0.4, 0.5) is 0 Å². The third-order valence-corrected chi connectivity index (χ3v) is 5.16. The fourth-order valence-corrected chi connectivity index (χ4v) is 2.66. The number of hydrogen-bond donors (Lipinski definition) is 1. The lowest BCUT2D eigenvalue weighted by atomic mass is 10.0. The Labute approximate surface area is 127 Å². The molecule has 0 aliphatic rings. The molecule has 0 radical (unpaired) electrons. The zero-order valence-electron chi connectivity index (χ0n) is 12.4. The Kier molecular flexibility index (Phi) is 5.15. The summed E-state index contributed by atoms with van der Waals surface area (Å²) in [5, 5.41) is -0.408. The van der Waals surface area contributed by atoms with E-state index in [0.717, 1.165) is 12.0 Å². The highest BCUT2D eigenvalue weighted by atomic mass is 32.2. The molecule has 2 aromatic carbocycles. The fourth-order valence-electron chi connectivity index (χ4n) is 1.96. The first-order valence-corrected chi connectivity index (χ1v) is 8.62. The molecule has 2 aromatic rings. The van der Waals surface area contributed by atoms with Crippen LogP contribution in [0.1, 0.15) is 30.5 Å². The summed E-state index contributed by atoms with van der Waals surface area (Å²) in [5.41, 5.74) is 3.46. The first-order valence-electron chi connectivity index (χ1n) is 7.07. The monoisotopic (exact) mass is 303 g/mol. The fraction of sp³-hybridized carbons (Fsp3) is 0.294. The predicted octanol–water partition coefficient (Wildman–Crippen LogP) is 3.11. The topological polar surface area (TPSA) is 46.2 Å². The Morgan fingerprint density at radius 2 is 1.38 bits per heavy atom. The number of rotatable bonds is 6. The van der Waals surface area contributed by atoms with Gasteiger partial charge in [0, 0.05) is 6.54 Å². The summed E-state index contributed by atoms with van der Waals surface area (Å²) < 4.78 is 26.0. The van der Waals surface area contributed by atoms with Crippen molar-refractivity contribution in [2.45, 2.75) is 32.1 Å². The molecular weight excluding hydrogens is 282 g/mol. The van der Waals surface area contributed by atoms with Crippen molar-refractivity contribution in [1.82, 2.24) is 4.72 Å². The number of benzene rings is 2. The summed E-state index contributed by atoms with van der Waals surface area (Å²) in [6.45, 7) is 3.68. The van der Waals surface area contributed by atoms with Gasteiger partial charge in [0.2, 0.25) is 10.0 Å². The van der Waals surface area contributed by atoms with Gasteiger partial charge in [0.15, 0.2) is 0 Å². The average Bonchev–Trinajstić information content (AvgIpc) is 2.47. The highest BCUT2D eigenvalue weighted by molar-refractivity contribution is 7.90. The van der Waals surface area contributed by atoms with Gasteiger partial charge in [-0.3, -0.25) is 0 Å². The van der Waals surface area contributed by atoms with Crippen molar-refractivity contribution >= 4 is 10.0 Å². The van der Waals surface area contributed by atoms with Crippen molar-refractivity contribution in [3.05, 3.63) is 71.3 Å². The Bertz CT molecular complexity index is 662. The zero-order chi connectivity index (χ0) is 15.3. The van der Waals surface area contributed by atoms with Crippen molar-refractivity contribution in [2.75, 3.05) is 0 Å². The van der Waals surface area contributed by atoms with Crippen LogP contribution >= 0.6 is 0 Å². The maximum absolute atomic E-state index is 11.7. The Morgan fingerprint density at radius 1 is 0.857 bits per heavy atom. The van der Waals surface area contributed by atoms with Gasteiger partial charge in [0.05, 0.1) is 5.25 Å². The van der Waals surface area contributed by atoms with E-state index >= 15 is 0 Å². The van der Waals surface area contributed by atoms with Gasteiger partial charge in [-0.2, -0.15) is 0 Å². The van der Waals surface area contributed by atoms with E-state index in [2.05, 4.69) is 16.9 Å². The van der Waals surface area contributed by atoms with Crippen LogP contribution in [0.15, 0.2) is 54.6 Å². The van der Waals surface area contributed by atoms with Crippen molar-refractivity contribution in [3.8, 4) is 0 Å². The SMILES string of the molecule is CC(C)S(=O)(=O)NCc1ccc(Cc2ccccc2)cc1. The molecule has 0 aliphatic heterocycles. The smallest absolute Gasteiger partial charge is 0.212 e. The second kappa shape index (κ2) is 6.87. The van der Waals surface area contributed by atoms with Gasteiger partial charge in [-0.25, -0.2) is 13.1 Å². The number of sulfonamides is 1. The molecule has 0 unspecified atom stereocenters. The molecule has 0 saturated carbocycles. The molecule has 0 aliphatic carbocycles. The molecule has 0 aromatic heterocycles. The molecule has 0 atom stereocenters. The van der Waals surface area contributed by atoms with Crippen LogP contribution in [0.5, 0.6) is 0 Å². The van der Waals surface area contributed by atoms with Crippen molar-refractivity contribution in [1.29, 1.82) is 0 Å². The van der Waals surface area contributed by atoms with E-state index in [-0.39, 0.29) is 0 Å². The van der Waals surface area contributed by atoms with E-state index in [4.69, 9.17) is 0 Å². The van der Waals surface area contributed by atoms with Crippen LogP contribution < -0.4 is 4.72 Å². The molecule has 1 N–H and O–H groups in total. The molecule has 0 fully saturated rings. The Hall–Kier alpha value is -1.65. The van der Waals surface area contributed by atoms with Crippen LogP contribution in [0.25, 0.3) is 0 Å². The van der Waals surface area contributed by atoms with Crippen LogP contribution in [0, 0.1) is 0 Å². The molecule has 2 rings (SSSR count). The molecule has 3 nitrogen and oxygen atoms in total. The summed E-state index contributed by atoms with van der Waals surface area (Å²) >= 11 is 0. The minimum atomic E-state index is -3.21.